The van der Waals surface area contributed by atoms with Crippen LogP contribution in [-0.4, -0.2) is 15.8 Å². The minimum atomic E-state index is -0.735. The van der Waals surface area contributed by atoms with E-state index >= 15 is 0 Å². The van der Waals surface area contributed by atoms with Gasteiger partial charge in [0.1, 0.15) is 0 Å². The second-order valence-corrected chi connectivity index (χ2v) is 8.61. The zero-order valence-electron chi connectivity index (χ0n) is 18.2. The van der Waals surface area contributed by atoms with Gasteiger partial charge in [-0.1, -0.05) is 60.7 Å². The van der Waals surface area contributed by atoms with Crippen LogP contribution in [0.15, 0.2) is 116 Å². The largest absolute Gasteiger partial charge is 0.308 e. The highest BCUT2D eigenvalue weighted by Crippen LogP contribution is 2.59. The molecule has 34 heavy (non-hydrogen) atoms. The number of rotatable bonds is 1. The molecule has 5 aromatic rings. The number of hydrogen-bond donors (Lipinski definition) is 0. The third-order valence-corrected chi connectivity index (χ3v) is 6.99. The van der Waals surface area contributed by atoms with Gasteiger partial charge in [0, 0.05) is 34.8 Å². The Morgan fingerprint density at radius 1 is 0.618 bits per heavy atom. The van der Waals surface area contributed by atoms with E-state index < -0.39 is 5.41 Å². The van der Waals surface area contributed by atoms with E-state index in [1.807, 2.05) is 60.9 Å². The third-order valence-electron chi connectivity index (χ3n) is 6.99. The summed E-state index contributed by atoms with van der Waals surface area (Å²) in [5.74, 6) is 0.0166. The average Bonchev–Trinajstić information content (AvgIpc) is 2.91. The van der Waals surface area contributed by atoms with Crippen molar-refractivity contribution in [2.75, 3.05) is 4.90 Å². The topological polar surface area (TPSA) is 46.1 Å². The van der Waals surface area contributed by atoms with Crippen LogP contribution >= 0.6 is 0 Å². The van der Waals surface area contributed by atoms with Gasteiger partial charge in [-0.25, -0.2) is 0 Å². The molecule has 0 bridgehead atoms. The van der Waals surface area contributed by atoms with Gasteiger partial charge in [-0.05, 0) is 47.5 Å². The van der Waals surface area contributed by atoms with Gasteiger partial charge in [0.2, 0.25) is 0 Å². The molecule has 1 aliphatic heterocycles. The van der Waals surface area contributed by atoms with E-state index in [4.69, 9.17) is 4.98 Å². The highest BCUT2D eigenvalue weighted by atomic mass is 16.1. The van der Waals surface area contributed by atoms with E-state index in [0.717, 1.165) is 39.4 Å². The molecule has 4 heteroatoms. The molecule has 0 saturated carbocycles. The fourth-order valence-electron chi connectivity index (χ4n) is 5.71. The zero-order chi connectivity index (χ0) is 22.7. The number of para-hydroxylation sites is 2. The summed E-state index contributed by atoms with van der Waals surface area (Å²) >= 11 is 0. The number of anilines is 3. The number of aromatic nitrogens is 2. The molecule has 0 fully saturated rings. The van der Waals surface area contributed by atoms with Crippen LogP contribution in [0, 0.1) is 0 Å². The summed E-state index contributed by atoms with van der Waals surface area (Å²) in [6.45, 7) is 0. The molecular weight excluding hydrogens is 418 g/mol. The van der Waals surface area contributed by atoms with E-state index in [2.05, 4.69) is 58.4 Å². The van der Waals surface area contributed by atoms with Crippen molar-refractivity contribution in [1.82, 2.24) is 9.97 Å². The molecule has 3 aromatic carbocycles. The molecule has 3 heterocycles. The lowest BCUT2D eigenvalue weighted by molar-refractivity contribution is 0.103. The number of fused-ring (bicyclic) bond motifs is 8. The maximum absolute atomic E-state index is 13.6. The standard InChI is InChI=1S/C30H19N3O/c34-28-21-11-4-5-13-23(21)30(29-22(28)12-8-17-32-29)24-14-6-7-15-26(24)33(20-9-2-1-3-10-20)27-19-31-18-16-25(27)30/h1-19H. The SMILES string of the molecule is O=C1c2ccccc2C2(c3ccccc3N(c3ccccc3)c3cnccc32)c2ncccc21. The van der Waals surface area contributed by atoms with E-state index in [9.17, 15) is 4.79 Å². The first-order valence-corrected chi connectivity index (χ1v) is 11.3. The van der Waals surface area contributed by atoms with Crippen molar-refractivity contribution < 1.29 is 4.79 Å². The second-order valence-electron chi connectivity index (χ2n) is 8.61. The summed E-state index contributed by atoms with van der Waals surface area (Å²) in [5, 5.41) is 0. The first-order chi connectivity index (χ1) is 16.8. The van der Waals surface area contributed by atoms with E-state index in [1.54, 1.807) is 6.20 Å². The highest BCUT2D eigenvalue weighted by Gasteiger charge is 2.52. The summed E-state index contributed by atoms with van der Waals surface area (Å²) in [7, 11) is 0. The molecule has 0 N–H and O–H groups in total. The lowest BCUT2D eigenvalue weighted by Gasteiger charge is -2.47. The Labute approximate surface area is 197 Å². The number of pyridine rings is 2. The maximum Gasteiger partial charge on any atom is 0.195 e. The first-order valence-electron chi connectivity index (χ1n) is 11.3. The number of hydrogen-bond acceptors (Lipinski definition) is 4. The van der Waals surface area contributed by atoms with E-state index in [-0.39, 0.29) is 5.78 Å². The van der Waals surface area contributed by atoms with Gasteiger partial charge >= 0.3 is 0 Å². The molecule has 0 amide bonds. The van der Waals surface area contributed by atoms with Crippen molar-refractivity contribution in [3.8, 4) is 0 Å². The fourth-order valence-corrected chi connectivity index (χ4v) is 5.71. The van der Waals surface area contributed by atoms with Crippen LogP contribution in [-0.2, 0) is 5.41 Å². The maximum atomic E-state index is 13.6. The smallest absolute Gasteiger partial charge is 0.195 e. The van der Waals surface area contributed by atoms with Crippen molar-refractivity contribution in [1.29, 1.82) is 0 Å². The Hall–Kier alpha value is -4.57. The summed E-state index contributed by atoms with van der Waals surface area (Å²) in [6.07, 6.45) is 5.54. The molecule has 2 aliphatic rings. The molecular formula is C30H19N3O. The summed E-state index contributed by atoms with van der Waals surface area (Å²) in [4.78, 5) is 25.2. The number of ketones is 1. The fraction of sp³-hybridized carbons (Fsp3) is 0.0333. The number of carbonyl (C=O) groups excluding carboxylic acids is 1. The predicted octanol–water partition coefficient (Wildman–Crippen LogP) is 6.19. The number of benzene rings is 3. The van der Waals surface area contributed by atoms with Gasteiger partial charge in [-0.2, -0.15) is 0 Å². The molecule has 2 aromatic heterocycles. The van der Waals surface area contributed by atoms with Crippen LogP contribution in [0.2, 0.25) is 0 Å². The quantitative estimate of drug-likeness (QED) is 0.307. The molecule has 0 radical (unpaired) electrons. The Bertz CT molecular complexity index is 1490. The first kappa shape index (κ1) is 18.9. The molecule has 0 saturated heterocycles. The van der Waals surface area contributed by atoms with Crippen molar-refractivity contribution in [2.45, 2.75) is 5.41 Å². The second kappa shape index (κ2) is 6.96. The van der Waals surface area contributed by atoms with Gasteiger partial charge in [0.05, 0.1) is 28.7 Å². The summed E-state index contributed by atoms with van der Waals surface area (Å²) < 4.78 is 0. The van der Waals surface area contributed by atoms with Crippen molar-refractivity contribution >= 4 is 22.8 Å². The van der Waals surface area contributed by atoms with Gasteiger partial charge in [0.15, 0.2) is 5.78 Å². The van der Waals surface area contributed by atoms with Crippen LogP contribution in [0.1, 0.15) is 38.3 Å². The molecule has 1 spiro atoms. The van der Waals surface area contributed by atoms with Crippen LogP contribution in [0.4, 0.5) is 17.1 Å². The Kier molecular flexibility index (Phi) is 3.88. The Morgan fingerprint density at radius 3 is 2.21 bits per heavy atom. The Balaban J connectivity index is 1.69. The van der Waals surface area contributed by atoms with Crippen LogP contribution in [0.5, 0.6) is 0 Å². The summed E-state index contributed by atoms with van der Waals surface area (Å²) in [6, 6.07) is 32.5. The highest BCUT2D eigenvalue weighted by molar-refractivity contribution is 6.14. The van der Waals surface area contributed by atoms with Crippen molar-refractivity contribution in [2.24, 2.45) is 0 Å². The molecule has 1 atom stereocenters. The number of nitrogens with zero attached hydrogens (tertiary/aromatic N) is 3. The van der Waals surface area contributed by atoms with Gasteiger partial charge in [0.25, 0.3) is 0 Å². The normalized spacial score (nSPS) is 17.5. The molecule has 1 aliphatic carbocycles. The van der Waals surface area contributed by atoms with E-state index in [0.29, 0.717) is 11.1 Å². The minimum Gasteiger partial charge on any atom is -0.308 e. The zero-order valence-corrected chi connectivity index (χ0v) is 18.2. The van der Waals surface area contributed by atoms with Gasteiger partial charge in [-0.3, -0.25) is 14.8 Å². The molecule has 7 rings (SSSR count). The molecule has 4 nitrogen and oxygen atoms in total. The molecule has 160 valence electrons. The number of carbonyl (C=O) groups is 1. The van der Waals surface area contributed by atoms with Gasteiger partial charge < -0.3 is 4.90 Å². The Morgan fingerprint density at radius 2 is 1.32 bits per heavy atom. The lowest BCUT2D eigenvalue weighted by Crippen LogP contribution is -2.43. The van der Waals surface area contributed by atoms with Crippen molar-refractivity contribution in [3.05, 3.63) is 149 Å². The van der Waals surface area contributed by atoms with Crippen LogP contribution < -0.4 is 4.90 Å². The summed E-state index contributed by atoms with van der Waals surface area (Å²) in [5.41, 5.74) is 7.60. The minimum absolute atomic E-state index is 0.0166. The van der Waals surface area contributed by atoms with E-state index in [1.165, 1.54) is 0 Å². The van der Waals surface area contributed by atoms with Crippen LogP contribution in [0.3, 0.4) is 0 Å². The van der Waals surface area contributed by atoms with Crippen molar-refractivity contribution in [3.63, 3.8) is 0 Å². The predicted molar refractivity (Wildman–Crippen MR) is 132 cm³/mol. The molecule has 1 unspecified atom stereocenters. The van der Waals surface area contributed by atoms with Gasteiger partial charge in [-0.15, -0.1) is 0 Å². The third kappa shape index (κ3) is 2.29. The van der Waals surface area contributed by atoms with Crippen LogP contribution in [0.25, 0.3) is 0 Å². The lowest BCUT2D eigenvalue weighted by atomic mass is 9.59. The monoisotopic (exact) mass is 437 g/mol. The average molecular weight is 438 g/mol.